The predicted molar refractivity (Wildman–Crippen MR) is 110 cm³/mol. The van der Waals surface area contributed by atoms with Gasteiger partial charge in [-0.1, -0.05) is 30.7 Å². The number of furan rings is 1. The van der Waals surface area contributed by atoms with Gasteiger partial charge in [0, 0.05) is 24.2 Å². The largest absolute Gasteiger partial charge is 0.451 e. The minimum absolute atomic E-state index is 0.0575. The van der Waals surface area contributed by atoms with Crippen LogP contribution in [-0.4, -0.2) is 29.8 Å². The normalized spacial score (nSPS) is 13.8. The van der Waals surface area contributed by atoms with E-state index in [0.717, 1.165) is 31.5 Å². The lowest BCUT2D eigenvalue weighted by molar-refractivity contribution is 0.0756. The molecule has 0 aliphatic heterocycles. The summed E-state index contributed by atoms with van der Waals surface area (Å²) in [6.45, 7) is 3.62. The van der Waals surface area contributed by atoms with Gasteiger partial charge in [0.1, 0.15) is 5.76 Å². The number of hydrogen-bond donors (Lipinski definition) is 1. The van der Waals surface area contributed by atoms with Gasteiger partial charge < -0.3 is 15.1 Å². The van der Waals surface area contributed by atoms with Gasteiger partial charge in [-0.3, -0.25) is 9.59 Å². The lowest BCUT2D eigenvalue weighted by Crippen LogP contribution is -2.33. The number of primary amides is 1. The zero-order valence-corrected chi connectivity index (χ0v) is 16.4. The van der Waals surface area contributed by atoms with Gasteiger partial charge in [0.05, 0.1) is 0 Å². The molecule has 0 bridgehead atoms. The van der Waals surface area contributed by atoms with Gasteiger partial charge in [-0.15, -0.1) is 0 Å². The van der Waals surface area contributed by atoms with E-state index in [0.29, 0.717) is 11.3 Å². The summed E-state index contributed by atoms with van der Waals surface area (Å²) in [6.07, 6.45) is 9.12. The highest BCUT2D eigenvalue weighted by Crippen LogP contribution is 2.24. The van der Waals surface area contributed by atoms with E-state index in [-0.39, 0.29) is 11.7 Å². The Morgan fingerprint density at radius 1 is 1.07 bits per heavy atom. The van der Waals surface area contributed by atoms with E-state index in [1.165, 1.54) is 31.3 Å². The molecule has 2 amide bonds. The molecule has 0 atom stereocenters. The van der Waals surface area contributed by atoms with Gasteiger partial charge in [-0.25, -0.2) is 0 Å². The lowest BCUT2D eigenvalue weighted by Gasteiger charge is -2.24. The molecule has 148 valence electrons. The van der Waals surface area contributed by atoms with Crippen molar-refractivity contribution in [3.8, 4) is 11.3 Å². The molecule has 1 aliphatic carbocycles. The van der Waals surface area contributed by atoms with Crippen LogP contribution in [0.5, 0.6) is 0 Å². The van der Waals surface area contributed by atoms with Crippen LogP contribution in [0.2, 0.25) is 0 Å². The van der Waals surface area contributed by atoms with Gasteiger partial charge in [0.15, 0.2) is 5.76 Å². The Morgan fingerprint density at radius 2 is 1.86 bits per heavy atom. The van der Waals surface area contributed by atoms with Crippen LogP contribution in [0, 0.1) is 0 Å². The van der Waals surface area contributed by atoms with Crippen LogP contribution in [0.25, 0.3) is 11.3 Å². The molecule has 0 saturated heterocycles. The van der Waals surface area contributed by atoms with E-state index in [4.69, 9.17) is 10.2 Å². The molecular weight excluding hydrogens is 352 g/mol. The Kier molecular flexibility index (Phi) is 6.69. The highest BCUT2D eigenvalue weighted by Gasteiger charge is 2.17. The second-order valence-electron chi connectivity index (χ2n) is 7.26. The monoisotopic (exact) mass is 380 g/mol. The van der Waals surface area contributed by atoms with Crippen molar-refractivity contribution < 1.29 is 14.0 Å². The fourth-order valence-electron chi connectivity index (χ4n) is 3.58. The molecule has 2 N–H and O–H groups in total. The van der Waals surface area contributed by atoms with E-state index >= 15 is 0 Å². The minimum atomic E-state index is -0.596. The summed E-state index contributed by atoms with van der Waals surface area (Å²) in [4.78, 5) is 26.1. The van der Waals surface area contributed by atoms with Crippen molar-refractivity contribution in [1.29, 1.82) is 0 Å². The number of allylic oxidation sites excluding steroid dienone is 1. The average molecular weight is 380 g/mol. The number of nitrogens with two attached hydrogens (primary N) is 1. The third-order valence-corrected chi connectivity index (χ3v) is 5.13. The number of benzene rings is 1. The molecule has 5 heteroatoms. The van der Waals surface area contributed by atoms with Gasteiger partial charge in [-0.05, 0) is 62.8 Å². The standard InChI is InChI=1S/C23H28N2O3/c1-2-15-25(16-14-17-6-4-3-5-7-17)23(27)19-10-8-18(9-11-19)20-12-13-21(28-20)22(24)26/h6,8-13H,2-5,7,14-16H2,1H3,(H2,24,26). The highest BCUT2D eigenvalue weighted by atomic mass is 16.3. The minimum Gasteiger partial charge on any atom is -0.451 e. The van der Waals surface area contributed by atoms with Crippen LogP contribution in [0.3, 0.4) is 0 Å². The van der Waals surface area contributed by atoms with E-state index < -0.39 is 5.91 Å². The van der Waals surface area contributed by atoms with Crippen molar-refractivity contribution in [2.75, 3.05) is 13.1 Å². The van der Waals surface area contributed by atoms with Crippen molar-refractivity contribution in [2.24, 2.45) is 5.73 Å². The smallest absolute Gasteiger partial charge is 0.284 e. The summed E-state index contributed by atoms with van der Waals surface area (Å²) in [7, 11) is 0. The molecule has 0 saturated carbocycles. The van der Waals surface area contributed by atoms with Crippen LogP contribution in [0.15, 0.2) is 52.5 Å². The maximum atomic E-state index is 13.0. The van der Waals surface area contributed by atoms with Crippen molar-refractivity contribution in [3.63, 3.8) is 0 Å². The summed E-state index contributed by atoms with van der Waals surface area (Å²) in [5, 5.41) is 0. The quantitative estimate of drug-likeness (QED) is 0.669. The van der Waals surface area contributed by atoms with Crippen LogP contribution in [0.1, 0.15) is 66.4 Å². The first-order valence-electron chi connectivity index (χ1n) is 10.1. The van der Waals surface area contributed by atoms with Crippen molar-refractivity contribution in [3.05, 3.63) is 59.4 Å². The van der Waals surface area contributed by atoms with E-state index in [1.807, 2.05) is 29.2 Å². The third kappa shape index (κ3) is 4.91. The summed E-state index contributed by atoms with van der Waals surface area (Å²) in [5.41, 5.74) is 8.18. The summed E-state index contributed by atoms with van der Waals surface area (Å²) >= 11 is 0. The molecule has 0 fully saturated rings. The van der Waals surface area contributed by atoms with E-state index in [1.54, 1.807) is 12.1 Å². The molecular formula is C23H28N2O3. The van der Waals surface area contributed by atoms with Gasteiger partial charge in [0.25, 0.3) is 11.8 Å². The Hall–Kier alpha value is -2.82. The molecule has 0 radical (unpaired) electrons. The second-order valence-corrected chi connectivity index (χ2v) is 7.26. The molecule has 1 aromatic heterocycles. The fourth-order valence-corrected chi connectivity index (χ4v) is 3.58. The molecule has 5 nitrogen and oxygen atoms in total. The number of nitrogens with zero attached hydrogens (tertiary/aromatic N) is 1. The van der Waals surface area contributed by atoms with Crippen molar-refractivity contribution in [2.45, 2.75) is 45.4 Å². The molecule has 1 heterocycles. The van der Waals surface area contributed by atoms with E-state index in [2.05, 4.69) is 13.0 Å². The van der Waals surface area contributed by atoms with Crippen LogP contribution < -0.4 is 5.73 Å². The molecule has 1 aromatic carbocycles. The molecule has 0 spiro atoms. The van der Waals surface area contributed by atoms with Crippen LogP contribution in [-0.2, 0) is 0 Å². The predicted octanol–water partition coefficient (Wildman–Crippen LogP) is 4.79. The third-order valence-electron chi connectivity index (χ3n) is 5.13. The zero-order chi connectivity index (χ0) is 19.9. The molecule has 0 unspecified atom stereocenters. The van der Waals surface area contributed by atoms with E-state index in [9.17, 15) is 9.59 Å². The number of amides is 2. The summed E-state index contributed by atoms with van der Waals surface area (Å²) in [6, 6.07) is 10.6. The first-order chi connectivity index (χ1) is 13.6. The fraction of sp³-hybridized carbons (Fsp3) is 0.391. The average Bonchev–Trinajstić information content (AvgIpc) is 3.22. The van der Waals surface area contributed by atoms with Crippen LogP contribution >= 0.6 is 0 Å². The first-order valence-corrected chi connectivity index (χ1v) is 10.1. The maximum Gasteiger partial charge on any atom is 0.284 e. The Morgan fingerprint density at radius 3 is 2.46 bits per heavy atom. The zero-order valence-electron chi connectivity index (χ0n) is 16.4. The molecule has 28 heavy (non-hydrogen) atoms. The van der Waals surface area contributed by atoms with Crippen molar-refractivity contribution in [1.82, 2.24) is 4.90 Å². The van der Waals surface area contributed by atoms with Crippen molar-refractivity contribution >= 4 is 11.8 Å². The first kappa shape index (κ1) is 19.9. The SMILES string of the molecule is CCCN(CCC1=CCCCC1)C(=O)c1ccc(-c2ccc(C(N)=O)o2)cc1. The van der Waals surface area contributed by atoms with Gasteiger partial charge in [-0.2, -0.15) is 0 Å². The maximum absolute atomic E-state index is 13.0. The Balaban J connectivity index is 1.68. The van der Waals surface area contributed by atoms with Crippen LogP contribution in [0.4, 0.5) is 0 Å². The second kappa shape index (κ2) is 9.40. The number of carbonyl (C=O) groups excluding carboxylic acids is 2. The number of hydrogen-bond acceptors (Lipinski definition) is 3. The summed E-state index contributed by atoms with van der Waals surface area (Å²) < 4.78 is 5.45. The lowest BCUT2D eigenvalue weighted by atomic mass is 9.97. The number of carbonyl (C=O) groups is 2. The Labute approximate surface area is 166 Å². The highest BCUT2D eigenvalue weighted by molar-refractivity contribution is 5.95. The molecule has 3 rings (SSSR count). The summed E-state index contributed by atoms with van der Waals surface area (Å²) in [5.74, 6) is 0.146. The molecule has 2 aromatic rings. The number of rotatable bonds is 8. The topological polar surface area (TPSA) is 76.5 Å². The molecule has 1 aliphatic rings. The van der Waals surface area contributed by atoms with Gasteiger partial charge in [0.2, 0.25) is 0 Å². The Bertz CT molecular complexity index is 849. The van der Waals surface area contributed by atoms with Gasteiger partial charge >= 0.3 is 0 Å².